The van der Waals surface area contributed by atoms with Crippen molar-refractivity contribution in [3.8, 4) is 6.07 Å². The molecule has 188 valence electrons. The van der Waals surface area contributed by atoms with Gasteiger partial charge in [-0.2, -0.15) is 5.26 Å². The number of hydrogen-bond donors (Lipinski definition) is 2. The summed E-state index contributed by atoms with van der Waals surface area (Å²) in [5.74, 6) is -0.169. The molecule has 3 rings (SSSR count). The molecule has 0 unspecified atom stereocenters. The van der Waals surface area contributed by atoms with Crippen molar-refractivity contribution < 1.29 is 4.79 Å². The lowest BCUT2D eigenvalue weighted by molar-refractivity contribution is -0.119. The summed E-state index contributed by atoms with van der Waals surface area (Å²) >= 11 is 0. The average Bonchev–Trinajstić information content (AvgIpc) is 3.09. The Labute approximate surface area is 205 Å². The Bertz CT molecular complexity index is 1160. The van der Waals surface area contributed by atoms with E-state index in [0.717, 1.165) is 38.2 Å². The van der Waals surface area contributed by atoms with Crippen LogP contribution in [0.3, 0.4) is 0 Å². The zero-order valence-corrected chi connectivity index (χ0v) is 20.6. The fourth-order valence-electron chi connectivity index (χ4n) is 4.37. The fourth-order valence-corrected chi connectivity index (χ4v) is 4.37. The van der Waals surface area contributed by atoms with Crippen LogP contribution < -0.4 is 26.8 Å². The maximum atomic E-state index is 13.5. The molecule has 1 amide bonds. The van der Waals surface area contributed by atoms with Gasteiger partial charge in [-0.15, -0.1) is 0 Å². The van der Waals surface area contributed by atoms with Gasteiger partial charge < -0.3 is 15.5 Å². The first-order chi connectivity index (χ1) is 16.9. The molecule has 0 radical (unpaired) electrons. The van der Waals surface area contributed by atoms with Gasteiger partial charge in [0.15, 0.2) is 5.69 Å². The van der Waals surface area contributed by atoms with Gasteiger partial charge >= 0.3 is 5.69 Å². The third-order valence-electron chi connectivity index (χ3n) is 6.28. The molecule has 10 nitrogen and oxygen atoms in total. The Morgan fingerprint density at radius 3 is 2.51 bits per heavy atom. The number of aromatic nitrogens is 2. The Morgan fingerprint density at radius 1 is 1.11 bits per heavy atom. The molecule has 0 bridgehead atoms. The summed E-state index contributed by atoms with van der Waals surface area (Å²) < 4.78 is 1.32. The van der Waals surface area contributed by atoms with Gasteiger partial charge in [-0.05, 0) is 43.5 Å². The molecule has 10 heteroatoms. The minimum Gasteiger partial charge on any atom is -0.383 e. The molecule has 1 saturated heterocycles. The van der Waals surface area contributed by atoms with Crippen LogP contribution >= 0.6 is 0 Å². The average molecular weight is 482 g/mol. The molecule has 0 atom stereocenters. The number of carbonyl (C=O) groups is 1. The number of nitrogens with two attached hydrogens (primary N) is 1. The van der Waals surface area contributed by atoms with Crippen molar-refractivity contribution in [2.24, 2.45) is 0 Å². The van der Waals surface area contributed by atoms with Crippen molar-refractivity contribution in [3.63, 3.8) is 0 Å². The summed E-state index contributed by atoms with van der Waals surface area (Å²) in [7, 11) is 0. The smallest absolute Gasteiger partial charge is 0.330 e. The molecule has 0 aliphatic carbocycles. The van der Waals surface area contributed by atoms with Crippen LogP contribution in [-0.2, 0) is 11.3 Å². The van der Waals surface area contributed by atoms with Crippen LogP contribution in [0.15, 0.2) is 33.9 Å². The van der Waals surface area contributed by atoms with Crippen LogP contribution in [0.4, 0.5) is 17.2 Å². The molecular weight excluding hydrogens is 446 g/mol. The third-order valence-corrected chi connectivity index (χ3v) is 6.28. The topological polar surface area (TPSA) is 131 Å². The normalized spacial score (nSPS) is 14.4. The Hall–Kier alpha value is -3.58. The number of aromatic amines is 1. The second-order valence-electron chi connectivity index (χ2n) is 8.82. The highest BCUT2D eigenvalue weighted by molar-refractivity contribution is 5.96. The quantitative estimate of drug-likeness (QED) is 0.558. The van der Waals surface area contributed by atoms with E-state index in [1.54, 1.807) is 0 Å². The first-order valence-corrected chi connectivity index (χ1v) is 12.3. The molecule has 2 heterocycles. The van der Waals surface area contributed by atoms with Crippen LogP contribution in [0.1, 0.15) is 45.1 Å². The van der Waals surface area contributed by atoms with Gasteiger partial charge in [-0.3, -0.25) is 24.0 Å². The number of hydrogen-bond acceptors (Lipinski definition) is 7. The van der Waals surface area contributed by atoms with E-state index in [2.05, 4.69) is 20.9 Å². The summed E-state index contributed by atoms with van der Waals surface area (Å²) in [6, 6.07) is 9.66. The first-order valence-electron chi connectivity index (χ1n) is 12.3. The number of amides is 1. The predicted molar refractivity (Wildman–Crippen MR) is 138 cm³/mol. The van der Waals surface area contributed by atoms with Gasteiger partial charge in [0, 0.05) is 45.0 Å². The molecule has 1 fully saturated rings. The number of nitrogens with zero attached hydrogens (tertiary/aromatic N) is 5. The number of H-pyrrole nitrogens is 1. The number of rotatable bonds is 9. The van der Waals surface area contributed by atoms with Gasteiger partial charge in [-0.1, -0.05) is 20.3 Å². The molecular formula is C25H35N7O3. The summed E-state index contributed by atoms with van der Waals surface area (Å²) in [6.07, 6.45) is 3.11. The Morgan fingerprint density at radius 2 is 1.86 bits per heavy atom. The van der Waals surface area contributed by atoms with Crippen molar-refractivity contribution in [3.05, 3.63) is 50.7 Å². The number of nitrogens with one attached hydrogen (secondary N) is 1. The molecule has 1 aliphatic rings. The number of benzene rings is 1. The first kappa shape index (κ1) is 26.0. The maximum absolute atomic E-state index is 13.5. The van der Waals surface area contributed by atoms with Crippen LogP contribution in [0.5, 0.6) is 0 Å². The van der Waals surface area contributed by atoms with Crippen LogP contribution in [0, 0.1) is 11.3 Å². The van der Waals surface area contributed by atoms with E-state index in [4.69, 9.17) is 11.0 Å². The summed E-state index contributed by atoms with van der Waals surface area (Å²) in [4.78, 5) is 46.6. The SMILES string of the molecule is CCCCN(C(=O)CN1CCCN(c2ccc(C#N)cc2)CC1)c1c(N)n(CCC)c(=O)[nH]c1=O. The Balaban J connectivity index is 1.77. The monoisotopic (exact) mass is 481 g/mol. The highest BCUT2D eigenvalue weighted by atomic mass is 16.2. The predicted octanol–water partition coefficient (Wildman–Crippen LogP) is 1.75. The van der Waals surface area contributed by atoms with Gasteiger partial charge in [0.1, 0.15) is 5.82 Å². The number of anilines is 3. The highest BCUT2D eigenvalue weighted by Gasteiger charge is 2.26. The van der Waals surface area contributed by atoms with Crippen LogP contribution in [-0.4, -0.2) is 59.6 Å². The molecule has 1 aliphatic heterocycles. The standard InChI is InChI=1S/C25H35N7O3/c1-3-5-14-31(22-23(27)32(11-4-2)25(35)28-24(22)34)21(33)18-29-12-6-13-30(16-15-29)20-9-7-19(17-26)8-10-20/h7-10H,3-6,11-16,18,27H2,1-2H3,(H,28,34,35). The van der Waals surface area contributed by atoms with E-state index in [1.807, 2.05) is 38.1 Å². The van der Waals surface area contributed by atoms with Crippen molar-refractivity contribution in [1.82, 2.24) is 14.5 Å². The summed E-state index contributed by atoms with van der Waals surface area (Å²) in [5.41, 5.74) is 6.80. The zero-order valence-electron chi connectivity index (χ0n) is 20.6. The second-order valence-corrected chi connectivity index (χ2v) is 8.82. The highest BCUT2D eigenvalue weighted by Crippen LogP contribution is 2.20. The van der Waals surface area contributed by atoms with Crippen LogP contribution in [0.2, 0.25) is 0 Å². The summed E-state index contributed by atoms with van der Waals surface area (Å²) in [6.45, 7) is 7.85. The van der Waals surface area contributed by atoms with Gasteiger partial charge in [0.25, 0.3) is 5.56 Å². The number of nitrogen functional groups attached to an aromatic ring is 1. The van der Waals surface area contributed by atoms with Crippen molar-refractivity contribution in [1.29, 1.82) is 5.26 Å². The largest absolute Gasteiger partial charge is 0.383 e. The molecule has 1 aromatic heterocycles. The number of unbranched alkanes of at least 4 members (excludes halogenated alkanes) is 1. The molecule has 0 spiro atoms. The fraction of sp³-hybridized carbons (Fsp3) is 0.520. The molecule has 2 aromatic rings. The van der Waals surface area contributed by atoms with E-state index in [9.17, 15) is 14.4 Å². The van der Waals surface area contributed by atoms with Crippen molar-refractivity contribution >= 4 is 23.1 Å². The van der Waals surface area contributed by atoms with E-state index in [1.165, 1.54) is 9.47 Å². The van der Waals surface area contributed by atoms with Gasteiger partial charge in [0.05, 0.1) is 18.2 Å². The third kappa shape index (κ3) is 6.31. The molecule has 0 saturated carbocycles. The molecule has 1 aromatic carbocycles. The van der Waals surface area contributed by atoms with E-state index < -0.39 is 11.2 Å². The molecule has 3 N–H and O–H groups in total. The van der Waals surface area contributed by atoms with Gasteiger partial charge in [0.2, 0.25) is 5.91 Å². The second kappa shape index (κ2) is 12.2. The molecule has 35 heavy (non-hydrogen) atoms. The minimum absolute atomic E-state index is 0.0351. The number of carbonyl (C=O) groups excluding carboxylic acids is 1. The maximum Gasteiger partial charge on any atom is 0.330 e. The van der Waals surface area contributed by atoms with E-state index in [-0.39, 0.29) is 24.0 Å². The van der Waals surface area contributed by atoms with Gasteiger partial charge in [-0.25, -0.2) is 4.79 Å². The zero-order chi connectivity index (χ0) is 25.4. The van der Waals surface area contributed by atoms with Crippen molar-refractivity contribution in [2.45, 2.75) is 46.1 Å². The lowest BCUT2D eigenvalue weighted by Crippen LogP contribution is -2.46. The lowest BCUT2D eigenvalue weighted by atomic mass is 10.2. The minimum atomic E-state index is -0.632. The van der Waals surface area contributed by atoms with E-state index >= 15 is 0 Å². The summed E-state index contributed by atoms with van der Waals surface area (Å²) in [5, 5.41) is 9.02. The Kier molecular flexibility index (Phi) is 9.09. The van der Waals surface area contributed by atoms with Crippen LogP contribution in [0.25, 0.3) is 0 Å². The lowest BCUT2D eigenvalue weighted by Gasteiger charge is -2.28. The van der Waals surface area contributed by atoms with E-state index in [0.29, 0.717) is 38.0 Å². The van der Waals surface area contributed by atoms with Crippen molar-refractivity contribution in [2.75, 3.05) is 54.8 Å². The number of nitriles is 1.